The predicted molar refractivity (Wildman–Crippen MR) is 149 cm³/mol. The number of hydrogen-bond acceptors (Lipinski definition) is 7. The van der Waals surface area contributed by atoms with Crippen molar-refractivity contribution in [2.45, 2.75) is 47.7 Å². The molecule has 0 aliphatic carbocycles. The van der Waals surface area contributed by atoms with Crippen LogP contribution in [-0.2, 0) is 13.1 Å². The molecule has 0 N–H and O–H groups in total. The van der Waals surface area contributed by atoms with Crippen molar-refractivity contribution >= 4 is 16.7 Å². The van der Waals surface area contributed by atoms with Crippen molar-refractivity contribution < 1.29 is 4.74 Å². The highest BCUT2D eigenvalue weighted by Crippen LogP contribution is 2.30. The quantitative estimate of drug-likeness (QED) is 0.406. The van der Waals surface area contributed by atoms with Crippen molar-refractivity contribution in [3.63, 3.8) is 0 Å². The minimum atomic E-state index is 0.0894. The van der Waals surface area contributed by atoms with E-state index in [1.165, 1.54) is 11.4 Å². The number of nitriles is 1. The van der Waals surface area contributed by atoms with Gasteiger partial charge in [-0.1, -0.05) is 46.8 Å². The van der Waals surface area contributed by atoms with Gasteiger partial charge in [-0.15, -0.1) is 0 Å². The second kappa shape index (κ2) is 11.9. The third-order valence-electron chi connectivity index (χ3n) is 6.98. The van der Waals surface area contributed by atoms with E-state index in [1.54, 1.807) is 6.20 Å². The van der Waals surface area contributed by atoms with Crippen molar-refractivity contribution in [2.24, 2.45) is 5.41 Å². The van der Waals surface area contributed by atoms with E-state index >= 15 is 0 Å². The molecule has 1 fully saturated rings. The summed E-state index contributed by atoms with van der Waals surface area (Å²) in [5.41, 5.74) is 3.35. The van der Waals surface area contributed by atoms with Crippen LogP contribution in [0.1, 0.15) is 46.1 Å². The van der Waals surface area contributed by atoms with Crippen molar-refractivity contribution in [1.29, 1.82) is 5.26 Å². The molecule has 1 aliphatic rings. The maximum absolute atomic E-state index is 9.31. The summed E-state index contributed by atoms with van der Waals surface area (Å²) in [6.45, 7) is 20.4. The van der Waals surface area contributed by atoms with Gasteiger partial charge < -0.3 is 19.1 Å². The Labute approximate surface area is 221 Å². The first-order valence-electron chi connectivity index (χ1n) is 13.5. The molecule has 1 aromatic carbocycles. The summed E-state index contributed by atoms with van der Waals surface area (Å²) >= 11 is 0. The number of para-hydroxylation sites is 2. The fraction of sp³-hybridized carbons (Fsp3) is 0.552. The number of rotatable bonds is 10. The summed E-state index contributed by atoms with van der Waals surface area (Å²) < 4.78 is 8.51. The smallest absolute Gasteiger partial charge is 0.234 e. The first-order valence-corrected chi connectivity index (χ1v) is 13.5. The molecule has 0 unspecified atom stereocenters. The van der Waals surface area contributed by atoms with Crippen LogP contribution in [0.4, 0.5) is 5.69 Å². The van der Waals surface area contributed by atoms with Gasteiger partial charge >= 0.3 is 0 Å². The van der Waals surface area contributed by atoms with E-state index in [1.807, 2.05) is 0 Å². The van der Waals surface area contributed by atoms with E-state index < -0.39 is 0 Å². The number of nitrogens with zero attached hydrogens (tertiary/aromatic N) is 7. The highest BCUT2D eigenvalue weighted by molar-refractivity contribution is 5.77. The molecule has 0 radical (unpaired) electrons. The fourth-order valence-electron chi connectivity index (χ4n) is 4.97. The second-order valence-corrected chi connectivity index (χ2v) is 11.0. The van der Waals surface area contributed by atoms with E-state index in [0.717, 1.165) is 75.7 Å². The fourth-order valence-corrected chi connectivity index (χ4v) is 4.97. The molecule has 0 spiro atoms. The van der Waals surface area contributed by atoms with Crippen LogP contribution in [0.25, 0.3) is 11.0 Å². The average molecular weight is 504 g/mol. The SMILES string of the molecule is CCN(CC)CCOc1ccccc1N1CCN(Cc2cc3cnc(C#N)nc3n2CC(C)(C)C)CC1. The first kappa shape index (κ1) is 26.9. The maximum Gasteiger partial charge on any atom is 0.234 e. The molecule has 0 amide bonds. The van der Waals surface area contributed by atoms with Crippen molar-refractivity contribution in [3.8, 4) is 11.8 Å². The third kappa shape index (κ3) is 6.79. The van der Waals surface area contributed by atoms with Gasteiger partial charge in [0.1, 0.15) is 24.1 Å². The Hall–Kier alpha value is -3.15. The second-order valence-electron chi connectivity index (χ2n) is 11.0. The van der Waals surface area contributed by atoms with Gasteiger partial charge in [0.2, 0.25) is 5.82 Å². The summed E-state index contributed by atoms with van der Waals surface area (Å²) in [4.78, 5) is 16.1. The number of anilines is 1. The van der Waals surface area contributed by atoms with E-state index in [2.05, 4.69) is 100 Å². The number of piperazine rings is 1. The molecule has 8 heteroatoms. The third-order valence-corrected chi connectivity index (χ3v) is 6.98. The Balaban J connectivity index is 1.43. The van der Waals surface area contributed by atoms with E-state index in [0.29, 0.717) is 6.61 Å². The zero-order valence-electron chi connectivity index (χ0n) is 23.1. The van der Waals surface area contributed by atoms with Gasteiger partial charge in [-0.25, -0.2) is 9.97 Å². The lowest BCUT2D eigenvalue weighted by Gasteiger charge is -2.37. The Morgan fingerprint density at radius 2 is 1.81 bits per heavy atom. The minimum absolute atomic E-state index is 0.0894. The Morgan fingerprint density at radius 3 is 2.49 bits per heavy atom. The Bertz CT molecular complexity index is 1210. The molecule has 1 aliphatic heterocycles. The summed E-state index contributed by atoms with van der Waals surface area (Å²) in [6.07, 6.45) is 1.78. The molecule has 0 atom stereocenters. The highest BCUT2D eigenvalue weighted by Gasteiger charge is 2.23. The summed E-state index contributed by atoms with van der Waals surface area (Å²) in [6, 6.07) is 12.7. The lowest BCUT2D eigenvalue weighted by molar-refractivity contribution is 0.220. The van der Waals surface area contributed by atoms with Crippen LogP contribution < -0.4 is 9.64 Å². The van der Waals surface area contributed by atoms with Gasteiger partial charge in [-0.3, -0.25) is 4.90 Å². The summed E-state index contributed by atoms with van der Waals surface area (Å²) in [5.74, 6) is 1.19. The van der Waals surface area contributed by atoms with Crippen molar-refractivity contribution in [2.75, 3.05) is 57.3 Å². The number of ether oxygens (including phenoxy) is 1. The van der Waals surface area contributed by atoms with Gasteiger partial charge in [0, 0.05) is 63.1 Å². The van der Waals surface area contributed by atoms with E-state index in [4.69, 9.17) is 4.74 Å². The topological polar surface area (TPSA) is 73.5 Å². The van der Waals surface area contributed by atoms with Gasteiger partial charge in [-0.2, -0.15) is 5.26 Å². The number of fused-ring (bicyclic) bond motifs is 1. The Morgan fingerprint density at radius 1 is 1.08 bits per heavy atom. The molecule has 0 bridgehead atoms. The van der Waals surface area contributed by atoms with Gasteiger partial charge in [-0.05, 0) is 36.7 Å². The predicted octanol–water partition coefficient (Wildman–Crippen LogP) is 4.39. The van der Waals surface area contributed by atoms with E-state index in [-0.39, 0.29) is 11.2 Å². The van der Waals surface area contributed by atoms with Gasteiger partial charge in [0.25, 0.3) is 0 Å². The molecule has 4 rings (SSSR count). The van der Waals surface area contributed by atoms with Crippen LogP contribution >= 0.6 is 0 Å². The average Bonchev–Trinajstić information content (AvgIpc) is 3.22. The number of likely N-dealkylation sites (N-methyl/N-ethyl adjacent to an activating group) is 1. The summed E-state index contributed by atoms with van der Waals surface area (Å²) in [5, 5.41) is 10.3. The molecular weight excluding hydrogens is 462 g/mol. The van der Waals surface area contributed by atoms with Gasteiger partial charge in [0.15, 0.2) is 0 Å². The highest BCUT2D eigenvalue weighted by atomic mass is 16.5. The molecular formula is C29H41N7O. The number of aromatic nitrogens is 3. The van der Waals surface area contributed by atoms with Crippen LogP contribution in [-0.4, -0.2) is 76.8 Å². The number of hydrogen-bond donors (Lipinski definition) is 0. The van der Waals surface area contributed by atoms with Crippen LogP contribution in [0, 0.1) is 16.7 Å². The minimum Gasteiger partial charge on any atom is -0.490 e. The maximum atomic E-state index is 9.31. The normalized spacial score (nSPS) is 14.9. The molecule has 2 aromatic heterocycles. The molecule has 8 nitrogen and oxygen atoms in total. The van der Waals surface area contributed by atoms with Gasteiger partial charge in [0.05, 0.1) is 5.69 Å². The lowest BCUT2D eigenvalue weighted by atomic mass is 9.97. The monoisotopic (exact) mass is 503 g/mol. The van der Waals surface area contributed by atoms with Crippen molar-refractivity contribution in [3.05, 3.63) is 48.0 Å². The standard InChI is InChI=1S/C29H41N7O/c1-6-33(7-2)16-17-37-26-11-9-8-10-25(26)35-14-12-34(13-15-35)21-24-18-23-20-31-27(19-30)32-28(23)36(24)22-29(3,4)5/h8-11,18,20H,6-7,12-17,21-22H2,1-5H3. The van der Waals surface area contributed by atoms with Crippen molar-refractivity contribution in [1.82, 2.24) is 24.3 Å². The lowest BCUT2D eigenvalue weighted by Crippen LogP contribution is -2.46. The molecule has 37 heavy (non-hydrogen) atoms. The largest absolute Gasteiger partial charge is 0.490 e. The molecule has 0 saturated carbocycles. The summed E-state index contributed by atoms with van der Waals surface area (Å²) in [7, 11) is 0. The molecule has 1 saturated heterocycles. The first-order chi connectivity index (χ1) is 17.8. The van der Waals surface area contributed by atoms with Crippen LogP contribution in [0.3, 0.4) is 0 Å². The van der Waals surface area contributed by atoms with Crippen LogP contribution in [0.2, 0.25) is 0 Å². The zero-order valence-corrected chi connectivity index (χ0v) is 23.1. The zero-order chi connectivity index (χ0) is 26.4. The van der Waals surface area contributed by atoms with Crippen LogP contribution in [0.5, 0.6) is 5.75 Å². The molecule has 3 heterocycles. The number of benzene rings is 1. The molecule has 198 valence electrons. The molecule has 3 aromatic rings. The Kier molecular flexibility index (Phi) is 8.67. The van der Waals surface area contributed by atoms with Crippen LogP contribution in [0.15, 0.2) is 36.5 Å². The van der Waals surface area contributed by atoms with E-state index in [9.17, 15) is 5.26 Å².